The molecule has 1 atom stereocenters. The molecule has 1 unspecified atom stereocenters. The van der Waals surface area contributed by atoms with Gasteiger partial charge in [-0.05, 0) is 18.1 Å². The Labute approximate surface area is 176 Å². The second kappa shape index (κ2) is 8.81. The first-order chi connectivity index (χ1) is 14.6. The van der Waals surface area contributed by atoms with Gasteiger partial charge in [0.2, 0.25) is 5.78 Å². The van der Waals surface area contributed by atoms with Gasteiger partial charge < -0.3 is 19.6 Å². The molecule has 2 aliphatic rings. The zero-order valence-electron chi connectivity index (χ0n) is 17.1. The van der Waals surface area contributed by atoms with Crippen LogP contribution in [0.3, 0.4) is 0 Å². The summed E-state index contributed by atoms with van der Waals surface area (Å²) in [5, 5.41) is 13.2. The second-order valence-corrected chi connectivity index (χ2v) is 7.86. The van der Waals surface area contributed by atoms with E-state index in [1.165, 1.54) is 4.90 Å². The van der Waals surface area contributed by atoms with Gasteiger partial charge in [0.15, 0.2) is 0 Å². The summed E-state index contributed by atoms with van der Waals surface area (Å²) in [5.74, 6) is -1.65. The summed E-state index contributed by atoms with van der Waals surface area (Å²) >= 11 is 0. The normalized spacial score (nSPS) is 21.9. The number of aryl methyl sites for hydroxylation is 1. The molecule has 0 bridgehead atoms. The van der Waals surface area contributed by atoms with E-state index in [9.17, 15) is 14.7 Å². The zero-order chi connectivity index (χ0) is 21.1. The number of benzene rings is 2. The van der Waals surface area contributed by atoms with Crippen molar-refractivity contribution < 1.29 is 24.3 Å². The Hall–Kier alpha value is -2.96. The Balaban J connectivity index is 1.72. The molecule has 0 aromatic heterocycles. The number of carbonyl (C=O) groups is 2. The lowest BCUT2D eigenvalue weighted by molar-refractivity contribution is -0.907. The second-order valence-electron chi connectivity index (χ2n) is 7.86. The summed E-state index contributed by atoms with van der Waals surface area (Å²) in [6, 6.07) is 15.7. The van der Waals surface area contributed by atoms with E-state index in [-0.39, 0.29) is 11.3 Å². The molecule has 1 amide bonds. The Morgan fingerprint density at radius 3 is 2.40 bits per heavy atom. The SMILES string of the molecule is Cc1ccc(C2/C(=C(\[O-])c3ccccc3)C(=O)C(=O)N2CC[NH+]2CCOCC2)cc1. The van der Waals surface area contributed by atoms with Crippen molar-refractivity contribution in [3.8, 4) is 0 Å². The third kappa shape index (κ3) is 4.01. The van der Waals surface area contributed by atoms with Crippen LogP contribution >= 0.6 is 0 Å². The maximum absolute atomic E-state index is 13.2. The first-order valence-electron chi connectivity index (χ1n) is 10.4. The largest absolute Gasteiger partial charge is 0.872 e. The van der Waals surface area contributed by atoms with Crippen molar-refractivity contribution in [1.82, 2.24) is 4.90 Å². The molecule has 30 heavy (non-hydrogen) atoms. The van der Waals surface area contributed by atoms with Gasteiger partial charge in [0.25, 0.3) is 5.91 Å². The number of morpholine rings is 1. The fourth-order valence-electron chi connectivity index (χ4n) is 4.13. The van der Waals surface area contributed by atoms with E-state index in [4.69, 9.17) is 4.74 Å². The van der Waals surface area contributed by atoms with Crippen molar-refractivity contribution >= 4 is 17.4 Å². The molecule has 0 aliphatic carbocycles. The van der Waals surface area contributed by atoms with Crippen molar-refractivity contribution in [1.29, 1.82) is 0 Å². The molecule has 2 saturated heterocycles. The van der Waals surface area contributed by atoms with E-state index < -0.39 is 17.7 Å². The number of nitrogens with one attached hydrogen (secondary N) is 1. The van der Waals surface area contributed by atoms with E-state index in [1.807, 2.05) is 37.3 Å². The minimum atomic E-state index is -0.689. The number of quaternary nitrogens is 1. The molecular weight excluding hydrogens is 380 g/mol. The van der Waals surface area contributed by atoms with Crippen LogP contribution in [0.4, 0.5) is 0 Å². The van der Waals surface area contributed by atoms with E-state index in [1.54, 1.807) is 29.2 Å². The van der Waals surface area contributed by atoms with Crippen LogP contribution in [0.1, 0.15) is 22.7 Å². The van der Waals surface area contributed by atoms with Crippen molar-refractivity contribution in [3.05, 3.63) is 76.9 Å². The molecule has 2 heterocycles. The lowest BCUT2D eigenvalue weighted by atomic mass is 9.95. The van der Waals surface area contributed by atoms with E-state index in [0.717, 1.165) is 30.8 Å². The average Bonchev–Trinajstić information content (AvgIpc) is 3.04. The smallest absolute Gasteiger partial charge is 0.295 e. The molecular formula is C24H26N2O4. The molecule has 6 nitrogen and oxygen atoms in total. The highest BCUT2D eigenvalue weighted by molar-refractivity contribution is 6.46. The standard InChI is InChI=1S/C24H26N2O4/c1-17-7-9-18(10-8-17)21-20(22(27)19-5-3-2-4-6-19)23(28)24(29)26(21)12-11-25-13-15-30-16-14-25/h2-10,21,27H,11-16H2,1H3/b22-20+. The molecule has 2 aromatic rings. The van der Waals surface area contributed by atoms with Gasteiger partial charge in [0, 0.05) is 5.57 Å². The summed E-state index contributed by atoms with van der Waals surface area (Å²) in [4.78, 5) is 28.8. The molecule has 2 fully saturated rings. The van der Waals surface area contributed by atoms with Gasteiger partial charge >= 0.3 is 0 Å². The molecule has 0 radical (unpaired) electrons. The van der Waals surface area contributed by atoms with Crippen LogP contribution in [0.25, 0.3) is 5.76 Å². The highest BCUT2D eigenvalue weighted by Crippen LogP contribution is 2.38. The summed E-state index contributed by atoms with van der Waals surface area (Å²) in [6.07, 6.45) is 0. The monoisotopic (exact) mass is 406 g/mol. The Morgan fingerprint density at radius 2 is 1.73 bits per heavy atom. The Morgan fingerprint density at radius 1 is 1.07 bits per heavy atom. The minimum absolute atomic E-state index is 0.0482. The fourth-order valence-corrected chi connectivity index (χ4v) is 4.13. The molecule has 6 heteroatoms. The van der Waals surface area contributed by atoms with Gasteiger partial charge in [-0.15, -0.1) is 0 Å². The minimum Gasteiger partial charge on any atom is -0.872 e. The average molecular weight is 406 g/mol. The highest BCUT2D eigenvalue weighted by Gasteiger charge is 2.44. The number of rotatable bonds is 5. The summed E-state index contributed by atoms with van der Waals surface area (Å²) < 4.78 is 5.40. The number of likely N-dealkylation sites (tertiary alicyclic amines) is 1. The van der Waals surface area contributed by atoms with E-state index in [0.29, 0.717) is 25.3 Å². The van der Waals surface area contributed by atoms with Crippen LogP contribution < -0.4 is 10.0 Å². The van der Waals surface area contributed by atoms with Crippen molar-refractivity contribution in [3.63, 3.8) is 0 Å². The first-order valence-corrected chi connectivity index (χ1v) is 10.4. The number of amides is 1. The number of ether oxygens (including phenoxy) is 1. The molecule has 156 valence electrons. The fraction of sp³-hybridized carbons (Fsp3) is 0.333. The summed E-state index contributed by atoms with van der Waals surface area (Å²) in [7, 11) is 0. The summed E-state index contributed by atoms with van der Waals surface area (Å²) in [5.41, 5.74) is 2.34. The zero-order valence-corrected chi connectivity index (χ0v) is 17.1. The Kier molecular flexibility index (Phi) is 5.97. The first kappa shape index (κ1) is 20.3. The molecule has 0 spiro atoms. The van der Waals surface area contributed by atoms with Crippen LogP contribution in [0.2, 0.25) is 0 Å². The quantitative estimate of drug-likeness (QED) is 0.435. The number of hydrogen-bond donors (Lipinski definition) is 1. The highest BCUT2D eigenvalue weighted by atomic mass is 16.5. The van der Waals surface area contributed by atoms with Gasteiger partial charge in [0.05, 0.1) is 32.3 Å². The van der Waals surface area contributed by atoms with E-state index >= 15 is 0 Å². The molecule has 2 aliphatic heterocycles. The van der Waals surface area contributed by atoms with E-state index in [2.05, 4.69) is 0 Å². The van der Waals surface area contributed by atoms with Crippen LogP contribution in [-0.4, -0.2) is 56.0 Å². The van der Waals surface area contributed by atoms with Gasteiger partial charge in [-0.2, -0.15) is 0 Å². The van der Waals surface area contributed by atoms with Crippen molar-refractivity contribution in [2.75, 3.05) is 39.4 Å². The molecule has 0 saturated carbocycles. The van der Waals surface area contributed by atoms with Crippen LogP contribution in [0, 0.1) is 6.92 Å². The number of nitrogens with zero attached hydrogens (tertiary/aromatic N) is 1. The lowest BCUT2D eigenvalue weighted by Crippen LogP contribution is -3.14. The van der Waals surface area contributed by atoms with Gasteiger partial charge in [-0.25, -0.2) is 0 Å². The van der Waals surface area contributed by atoms with Crippen LogP contribution in [0.15, 0.2) is 60.2 Å². The molecule has 2 aromatic carbocycles. The molecule has 1 N–H and O–H groups in total. The van der Waals surface area contributed by atoms with Crippen molar-refractivity contribution in [2.45, 2.75) is 13.0 Å². The van der Waals surface area contributed by atoms with Gasteiger partial charge in [-0.3, -0.25) is 9.59 Å². The van der Waals surface area contributed by atoms with Gasteiger partial charge in [0.1, 0.15) is 13.1 Å². The topological polar surface area (TPSA) is 74.1 Å². The number of Topliss-reactive ketones (excluding diaryl/α,β-unsaturated/α-hetero) is 1. The maximum Gasteiger partial charge on any atom is 0.295 e. The molecule has 4 rings (SSSR count). The predicted molar refractivity (Wildman–Crippen MR) is 110 cm³/mol. The Bertz CT molecular complexity index is 947. The number of carbonyl (C=O) groups excluding carboxylic acids is 2. The third-order valence-corrected chi connectivity index (χ3v) is 5.86. The van der Waals surface area contributed by atoms with Crippen LogP contribution in [-0.2, 0) is 14.3 Å². The predicted octanol–water partition coefficient (Wildman–Crippen LogP) is 0.134. The third-order valence-electron chi connectivity index (χ3n) is 5.86. The lowest BCUT2D eigenvalue weighted by Gasteiger charge is -2.30. The van der Waals surface area contributed by atoms with Crippen LogP contribution in [0.5, 0.6) is 0 Å². The maximum atomic E-state index is 13.2. The van der Waals surface area contributed by atoms with Crippen molar-refractivity contribution in [2.24, 2.45) is 0 Å². The van der Waals surface area contributed by atoms with Gasteiger partial charge in [-0.1, -0.05) is 65.9 Å². The number of hydrogen-bond acceptors (Lipinski definition) is 4. The number of ketones is 1. The summed E-state index contributed by atoms with van der Waals surface area (Å²) in [6.45, 7) is 6.28.